The third-order valence-corrected chi connectivity index (χ3v) is 3.02. The van der Waals surface area contributed by atoms with Gasteiger partial charge < -0.3 is 5.73 Å². The summed E-state index contributed by atoms with van der Waals surface area (Å²) >= 11 is 6.84. The lowest BCUT2D eigenvalue weighted by Gasteiger charge is -2.30. The molecule has 1 heterocycles. The summed E-state index contributed by atoms with van der Waals surface area (Å²) < 4.78 is 0. The van der Waals surface area contributed by atoms with Gasteiger partial charge in [-0.2, -0.15) is 11.8 Å². The molecule has 1 fully saturated rings. The number of nitrogens with two attached hydrogens (primary N) is 1. The molecule has 58 valence electrons. The van der Waals surface area contributed by atoms with Gasteiger partial charge in [-0.1, -0.05) is 12.2 Å². The molecule has 1 atom stereocenters. The van der Waals surface area contributed by atoms with E-state index in [1.54, 1.807) is 0 Å². The van der Waals surface area contributed by atoms with Gasteiger partial charge in [0, 0.05) is 18.1 Å². The van der Waals surface area contributed by atoms with Crippen LogP contribution in [0.2, 0.25) is 0 Å². The Labute approximate surface area is 71.1 Å². The fraction of sp³-hybridized carbons (Fsp3) is 0.833. The Balaban J connectivity index is 2.47. The molecular weight excluding hydrogens is 164 g/mol. The van der Waals surface area contributed by atoms with E-state index in [2.05, 4.69) is 11.9 Å². The van der Waals surface area contributed by atoms with Crippen LogP contribution in [0.5, 0.6) is 0 Å². The topological polar surface area (TPSA) is 29.3 Å². The first kappa shape index (κ1) is 8.30. The van der Waals surface area contributed by atoms with Crippen LogP contribution < -0.4 is 5.73 Å². The van der Waals surface area contributed by atoms with Crippen LogP contribution in [0.3, 0.4) is 0 Å². The van der Waals surface area contributed by atoms with Gasteiger partial charge in [-0.3, -0.25) is 4.90 Å². The first-order chi connectivity index (χ1) is 4.72. The fourth-order valence-corrected chi connectivity index (χ4v) is 2.60. The molecule has 1 aliphatic rings. The van der Waals surface area contributed by atoms with Crippen LogP contribution in [0.4, 0.5) is 0 Å². The Morgan fingerprint density at radius 3 is 2.90 bits per heavy atom. The largest absolute Gasteiger partial charge is 0.392 e. The fourth-order valence-electron chi connectivity index (χ4n) is 0.986. The van der Waals surface area contributed by atoms with E-state index in [-0.39, 0.29) is 0 Å². The van der Waals surface area contributed by atoms with E-state index in [1.165, 1.54) is 5.75 Å². The average molecular weight is 176 g/mol. The van der Waals surface area contributed by atoms with Crippen molar-refractivity contribution in [3.8, 4) is 0 Å². The van der Waals surface area contributed by atoms with Gasteiger partial charge in [0.2, 0.25) is 0 Å². The van der Waals surface area contributed by atoms with Crippen LogP contribution in [0.1, 0.15) is 0 Å². The summed E-state index contributed by atoms with van der Waals surface area (Å²) in [5.41, 5.74) is 5.53. The van der Waals surface area contributed by atoms with Crippen LogP contribution in [-0.4, -0.2) is 41.0 Å². The highest BCUT2D eigenvalue weighted by Gasteiger charge is 2.20. The third-order valence-electron chi connectivity index (χ3n) is 1.72. The van der Waals surface area contributed by atoms with E-state index in [1.807, 2.05) is 11.8 Å². The van der Waals surface area contributed by atoms with Crippen LogP contribution in [-0.2, 0) is 0 Å². The van der Waals surface area contributed by atoms with Gasteiger partial charge in [-0.15, -0.1) is 0 Å². The molecule has 1 aliphatic heterocycles. The molecule has 0 aromatic rings. The van der Waals surface area contributed by atoms with Crippen molar-refractivity contribution in [1.29, 1.82) is 0 Å². The highest BCUT2D eigenvalue weighted by Crippen LogP contribution is 2.14. The van der Waals surface area contributed by atoms with Crippen LogP contribution in [0.15, 0.2) is 0 Å². The van der Waals surface area contributed by atoms with Gasteiger partial charge in [0.05, 0.1) is 11.0 Å². The Bertz CT molecular complexity index is 138. The lowest BCUT2D eigenvalue weighted by Crippen LogP contribution is -2.46. The number of hydrogen-bond donors (Lipinski definition) is 1. The molecule has 0 aromatic heterocycles. The van der Waals surface area contributed by atoms with Gasteiger partial charge in [-0.05, 0) is 7.05 Å². The standard InChI is InChI=1S/C6H12N2S2/c1-8-2-3-10-4-5(8)6(7)9/h5H,2-4H2,1H3,(H2,7,9). The molecule has 0 amide bonds. The molecule has 0 bridgehead atoms. The predicted octanol–water partition coefficient (Wildman–Crippen LogP) is 0.320. The van der Waals surface area contributed by atoms with Crippen molar-refractivity contribution in [1.82, 2.24) is 4.90 Å². The number of nitrogens with zero attached hydrogens (tertiary/aromatic N) is 1. The van der Waals surface area contributed by atoms with Crippen molar-refractivity contribution >= 4 is 29.0 Å². The summed E-state index contributed by atoms with van der Waals surface area (Å²) in [4.78, 5) is 2.86. The van der Waals surface area contributed by atoms with E-state index in [0.29, 0.717) is 11.0 Å². The Kier molecular flexibility index (Phi) is 2.95. The van der Waals surface area contributed by atoms with Crippen molar-refractivity contribution in [2.75, 3.05) is 25.1 Å². The second kappa shape index (κ2) is 3.55. The molecule has 2 N–H and O–H groups in total. The highest BCUT2D eigenvalue weighted by molar-refractivity contribution is 7.99. The van der Waals surface area contributed by atoms with Gasteiger partial charge in [0.1, 0.15) is 0 Å². The minimum atomic E-state index is 0.328. The lowest BCUT2D eigenvalue weighted by atomic mass is 10.3. The second-order valence-corrected chi connectivity index (χ2v) is 4.09. The summed E-state index contributed by atoms with van der Waals surface area (Å²) in [5, 5.41) is 0. The molecule has 1 rings (SSSR count). The number of hydrogen-bond acceptors (Lipinski definition) is 3. The van der Waals surface area contributed by atoms with Crippen LogP contribution >= 0.6 is 24.0 Å². The normalized spacial score (nSPS) is 28.3. The van der Waals surface area contributed by atoms with Crippen LogP contribution in [0.25, 0.3) is 0 Å². The highest BCUT2D eigenvalue weighted by atomic mass is 32.2. The molecule has 1 saturated heterocycles. The summed E-state index contributed by atoms with van der Waals surface area (Å²) in [6.07, 6.45) is 0. The Morgan fingerprint density at radius 2 is 2.50 bits per heavy atom. The smallest absolute Gasteiger partial charge is 0.0910 e. The Hall–Kier alpha value is 0.200. The molecular formula is C6H12N2S2. The molecule has 0 aromatic carbocycles. The third kappa shape index (κ3) is 1.84. The van der Waals surface area contributed by atoms with Crippen molar-refractivity contribution in [2.45, 2.75) is 6.04 Å². The van der Waals surface area contributed by atoms with Gasteiger partial charge in [-0.25, -0.2) is 0 Å². The van der Waals surface area contributed by atoms with Crippen molar-refractivity contribution in [2.24, 2.45) is 5.73 Å². The van der Waals surface area contributed by atoms with E-state index >= 15 is 0 Å². The monoisotopic (exact) mass is 176 g/mol. The molecule has 2 nitrogen and oxygen atoms in total. The number of rotatable bonds is 1. The van der Waals surface area contributed by atoms with Crippen molar-refractivity contribution < 1.29 is 0 Å². The molecule has 0 aliphatic carbocycles. The quantitative estimate of drug-likeness (QED) is 0.583. The summed E-state index contributed by atoms with van der Waals surface area (Å²) in [7, 11) is 2.07. The summed E-state index contributed by atoms with van der Waals surface area (Å²) in [6.45, 7) is 1.10. The molecule has 0 saturated carbocycles. The summed E-state index contributed by atoms with van der Waals surface area (Å²) in [5.74, 6) is 2.27. The van der Waals surface area contributed by atoms with E-state index in [4.69, 9.17) is 18.0 Å². The number of thiocarbonyl (C=S) groups is 1. The van der Waals surface area contributed by atoms with Crippen LogP contribution in [0, 0.1) is 0 Å². The SMILES string of the molecule is CN1CCSCC1C(N)=S. The zero-order valence-electron chi connectivity index (χ0n) is 6.04. The maximum absolute atomic E-state index is 5.53. The average Bonchev–Trinajstić information content (AvgIpc) is 1.88. The van der Waals surface area contributed by atoms with E-state index in [9.17, 15) is 0 Å². The predicted molar refractivity (Wildman–Crippen MR) is 50.5 cm³/mol. The Morgan fingerprint density at radius 1 is 1.80 bits per heavy atom. The molecule has 0 radical (unpaired) electrons. The number of thioether (sulfide) groups is 1. The second-order valence-electron chi connectivity index (χ2n) is 2.47. The van der Waals surface area contributed by atoms with Crippen molar-refractivity contribution in [3.05, 3.63) is 0 Å². The van der Waals surface area contributed by atoms with Gasteiger partial charge in [0.25, 0.3) is 0 Å². The minimum Gasteiger partial charge on any atom is -0.392 e. The first-order valence-electron chi connectivity index (χ1n) is 3.29. The van der Waals surface area contributed by atoms with Gasteiger partial charge in [0.15, 0.2) is 0 Å². The molecule has 4 heteroatoms. The van der Waals surface area contributed by atoms with Crippen molar-refractivity contribution in [3.63, 3.8) is 0 Å². The summed E-state index contributed by atoms with van der Waals surface area (Å²) in [6, 6.07) is 0.328. The molecule has 1 unspecified atom stereocenters. The van der Waals surface area contributed by atoms with Gasteiger partial charge >= 0.3 is 0 Å². The minimum absolute atomic E-state index is 0.328. The number of likely N-dealkylation sites (N-methyl/N-ethyl adjacent to an activating group) is 1. The maximum atomic E-state index is 5.53. The lowest BCUT2D eigenvalue weighted by molar-refractivity contribution is 0.328. The zero-order valence-corrected chi connectivity index (χ0v) is 7.67. The molecule has 0 spiro atoms. The zero-order chi connectivity index (χ0) is 7.56. The first-order valence-corrected chi connectivity index (χ1v) is 4.85. The molecule has 10 heavy (non-hydrogen) atoms. The van der Waals surface area contributed by atoms with E-state index < -0.39 is 0 Å². The maximum Gasteiger partial charge on any atom is 0.0910 e. The van der Waals surface area contributed by atoms with E-state index in [0.717, 1.165) is 12.3 Å².